The second kappa shape index (κ2) is 9.59. The molecule has 4 aliphatic rings. The van der Waals surface area contributed by atoms with Crippen molar-refractivity contribution in [2.24, 2.45) is 11.3 Å². The lowest BCUT2D eigenvalue weighted by Gasteiger charge is -2.44. The van der Waals surface area contributed by atoms with Crippen molar-refractivity contribution >= 4 is 6.09 Å². The number of methoxy groups -OCH3 is 1. The average Bonchev–Trinajstić information content (AvgIpc) is 2.85. The molecular weight excluding hydrogens is 428 g/mol. The van der Waals surface area contributed by atoms with E-state index in [1.54, 1.807) is 7.11 Å². The van der Waals surface area contributed by atoms with Gasteiger partial charge >= 0.3 is 6.09 Å². The number of fused-ring (bicyclic) bond motifs is 4. The molecule has 0 saturated carbocycles. The van der Waals surface area contributed by atoms with Crippen molar-refractivity contribution in [2.75, 3.05) is 33.5 Å². The molecule has 6 nitrogen and oxygen atoms in total. The van der Waals surface area contributed by atoms with Gasteiger partial charge in [0.2, 0.25) is 0 Å². The summed E-state index contributed by atoms with van der Waals surface area (Å²) < 4.78 is 16.4. The standard InChI is InChI=1S/C28H36N2O4/c1-28(2)13-10-22-16-21(19-4-7-23(8-5-19)33-18-32-3)6-9-24(22)26(28)29-27(31)34-25-17-30-14-11-20(25)12-15-30/h4-9,16,20,25-26H,10-15,17-18H2,1-3H3,(H,29,31)/t25-,26?/m1/s1. The van der Waals surface area contributed by atoms with E-state index in [1.165, 1.54) is 16.7 Å². The number of ether oxygens (including phenoxy) is 3. The van der Waals surface area contributed by atoms with Crippen molar-refractivity contribution in [2.45, 2.75) is 51.7 Å². The maximum absolute atomic E-state index is 13.0. The summed E-state index contributed by atoms with van der Waals surface area (Å²) in [6.45, 7) is 7.87. The molecule has 3 heterocycles. The molecule has 3 saturated heterocycles. The number of amides is 1. The Morgan fingerprint density at radius 2 is 1.82 bits per heavy atom. The van der Waals surface area contributed by atoms with Crippen molar-refractivity contribution in [3.8, 4) is 16.9 Å². The first-order valence-corrected chi connectivity index (χ1v) is 12.5. The van der Waals surface area contributed by atoms with Crippen LogP contribution in [0.3, 0.4) is 0 Å². The first-order chi connectivity index (χ1) is 16.4. The van der Waals surface area contributed by atoms with E-state index >= 15 is 0 Å². The fourth-order valence-electron chi connectivity index (χ4n) is 5.78. The highest BCUT2D eigenvalue weighted by molar-refractivity contribution is 5.70. The minimum absolute atomic E-state index is 0.0203. The van der Waals surface area contributed by atoms with Crippen LogP contribution in [0.15, 0.2) is 42.5 Å². The molecule has 2 atom stereocenters. The van der Waals surface area contributed by atoms with Crippen LogP contribution in [-0.4, -0.2) is 50.6 Å². The molecule has 2 aromatic rings. The monoisotopic (exact) mass is 464 g/mol. The predicted octanol–water partition coefficient (Wildman–Crippen LogP) is 5.17. The molecule has 1 N–H and O–H groups in total. The van der Waals surface area contributed by atoms with E-state index in [4.69, 9.17) is 14.2 Å². The molecule has 2 bridgehead atoms. The Kier molecular flexibility index (Phi) is 6.54. The molecule has 3 fully saturated rings. The highest BCUT2D eigenvalue weighted by atomic mass is 16.7. The fraction of sp³-hybridized carbons (Fsp3) is 0.536. The molecule has 1 amide bonds. The third-order valence-electron chi connectivity index (χ3n) is 7.92. The highest BCUT2D eigenvalue weighted by Gasteiger charge is 2.40. The van der Waals surface area contributed by atoms with Gasteiger partial charge in [0.1, 0.15) is 11.9 Å². The Bertz CT molecular complexity index is 1010. The minimum Gasteiger partial charge on any atom is -0.468 e. The van der Waals surface area contributed by atoms with E-state index in [0.717, 1.165) is 56.6 Å². The van der Waals surface area contributed by atoms with Crippen LogP contribution >= 0.6 is 0 Å². The Morgan fingerprint density at radius 3 is 2.50 bits per heavy atom. The summed E-state index contributed by atoms with van der Waals surface area (Å²) >= 11 is 0. The maximum atomic E-state index is 13.0. The SMILES string of the molecule is COCOc1ccc(-c2ccc3c(c2)CCC(C)(C)C3NC(=O)O[C@@H]2CN3CCC2CC3)cc1. The number of nitrogens with zero attached hydrogens (tertiary/aromatic N) is 1. The smallest absolute Gasteiger partial charge is 0.407 e. The van der Waals surface area contributed by atoms with Gasteiger partial charge in [-0.15, -0.1) is 0 Å². The minimum atomic E-state index is -0.277. The van der Waals surface area contributed by atoms with E-state index in [9.17, 15) is 4.79 Å². The zero-order valence-corrected chi connectivity index (χ0v) is 20.5. The van der Waals surface area contributed by atoms with Crippen LogP contribution in [-0.2, 0) is 15.9 Å². The number of alkyl carbamates (subject to hydrolysis) is 1. The number of benzene rings is 2. The number of carbonyl (C=O) groups excluding carboxylic acids is 1. The number of hydrogen-bond acceptors (Lipinski definition) is 5. The average molecular weight is 465 g/mol. The summed E-state index contributed by atoms with van der Waals surface area (Å²) in [6, 6.07) is 14.6. The molecular formula is C28H36N2O4. The lowest BCUT2D eigenvalue weighted by atomic mass is 9.70. The molecule has 0 aromatic heterocycles. The van der Waals surface area contributed by atoms with Crippen molar-refractivity contribution < 1.29 is 19.0 Å². The third-order valence-corrected chi connectivity index (χ3v) is 7.92. The van der Waals surface area contributed by atoms with Crippen molar-refractivity contribution in [1.29, 1.82) is 0 Å². The summed E-state index contributed by atoms with van der Waals surface area (Å²) in [7, 11) is 1.61. The summed E-state index contributed by atoms with van der Waals surface area (Å²) in [4.78, 5) is 15.4. The molecule has 34 heavy (non-hydrogen) atoms. The summed E-state index contributed by atoms with van der Waals surface area (Å²) in [5.41, 5.74) is 4.77. The van der Waals surface area contributed by atoms with Crippen LogP contribution in [0.4, 0.5) is 4.79 Å². The number of rotatable bonds is 6. The molecule has 3 aliphatic heterocycles. The highest BCUT2D eigenvalue weighted by Crippen LogP contribution is 2.44. The molecule has 2 aromatic carbocycles. The van der Waals surface area contributed by atoms with Crippen LogP contribution in [0.2, 0.25) is 0 Å². The zero-order chi connectivity index (χ0) is 23.7. The first-order valence-electron chi connectivity index (χ1n) is 12.5. The van der Waals surface area contributed by atoms with Crippen LogP contribution in [0, 0.1) is 11.3 Å². The summed E-state index contributed by atoms with van der Waals surface area (Å²) in [6.07, 6.45) is 4.03. The van der Waals surface area contributed by atoms with Crippen LogP contribution < -0.4 is 10.1 Å². The van der Waals surface area contributed by atoms with Crippen LogP contribution in [0.5, 0.6) is 5.75 Å². The van der Waals surface area contributed by atoms with E-state index in [0.29, 0.717) is 5.92 Å². The van der Waals surface area contributed by atoms with Crippen molar-refractivity contribution in [1.82, 2.24) is 10.2 Å². The maximum Gasteiger partial charge on any atom is 0.407 e. The van der Waals surface area contributed by atoms with Gasteiger partial charge in [-0.1, -0.05) is 44.2 Å². The molecule has 0 spiro atoms. The zero-order valence-electron chi connectivity index (χ0n) is 20.5. The molecule has 1 unspecified atom stereocenters. The van der Waals surface area contributed by atoms with Gasteiger partial charge in [0.15, 0.2) is 6.79 Å². The summed E-state index contributed by atoms with van der Waals surface area (Å²) in [5.74, 6) is 1.30. The van der Waals surface area contributed by atoms with Crippen molar-refractivity contribution in [3.63, 3.8) is 0 Å². The van der Waals surface area contributed by atoms with Gasteiger partial charge in [0.05, 0.1) is 6.04 Å². The topological polar surface area (TPSA) is 60.0 Å². The first kappa shape index (κ1) is 23.2. The predicted molar refractivity (Wildman–Crippen MR) is 132 cm³/mol. The normalized spacial score (nSPS) is 27.0. The van der Waals surface area contributed by atoms with Crippen LogP contribution in [0.1, 0.15) is 50.3 Å². The van der Waals surface area contributed by atoms with Crippen molar-refractivity contribution in [3.05, 3.63) is 53.6 Å². The van der Waals surface area contributed by atoms with E-state index in [1.807, 2.05) is 12.1 Å². The van der Waals surface area contributed by atoms with E-state index in [2.05, 4.69) is 54.4 Å². The summed E-state index contributed by atoms with van der Waals surface area (Å²) in [5, 5.41) is 3.25. The van der Waals surface area contributed by atoms with Gasteiger partial charge in [-0.05, 0) is 84.5 Å². The number of nitrogens with one attached hydrogen (secondary N) is 1. The Morgan fingerprint density at radius 1 is 1.09 bits per heavy atom. The molecule has 0 radical (unpaired) electrons. The van der Waals surface area contributed by atoms with Crippen LogP contribution in [0.25, 0.3) is 11.1 Å². The largest absolute Gasteiger partial charge is 0.468 e. The molecule has 6 heteroatoms. The van der Waals surface area contributed by atoms with Gasteiger partial charge in [0.25, 0.3) is 0 Å². The Hall–Kier alpha value is -2.57. The number of aryl methyl sites for hydroxylation is 1. The lowest BCUT2D eigenvalue weighted by Crippen LogP contribution is -2.53. The van der Waals surface area contributed by atoms with Gasteiger partial charge in [-0.25, -0.2) is 4.79 Å². The second-order valence-electron chi connectivity index (χ2n) is 10.6. The van der Waals surface area contributed by atoms with Gasteiger partial charge < -0.3 is 19.5 Å². The van der Waals surface area contributed by atoms with E-state index < -0.39 is 0 Å². The molecule has 182 valence electrons. The lowest BCUT2D eigenvalue weighted by molar-refractivity contribution is -0.0353. The van der Waals surface area contributed by atoms with Gasteiger partial charge in [-0.3, -0.25) is 4.90 Å². The van der Waals surface area contributed by atoms with E-state index in [-0.39, 0.29) is 30.4 Å². The third kappa shape index (κ3) is 4.80. The number of hydrogen-bond donors (Lipinski definition) is 1. The molecule has 1 aliphatic carbocycles. The quantitative estimate of drug-likeness (QED) is 0.598. The second-order valence-corrected chi connectivity index (χ2v) is 10.6. The number of piperidine rings is 3. The Labute approximate surface area is 202 Å². The van der Waals surface area contributed by atoms with Gasteiger partial charge in [-0.2, -0.15) is 0 Å². The molecule has 6 rings (SSSR count). The van der Waals surface area contributed by atoms with Gasteiger partial charge in [0, 0.05) is 13.7 Å². The number of carbonyl (C=O) groups is 1. The Balaban J connectivity index is 1.31. The fourth-order valence-corrected chi connectivity index (χ4v) is 5.78.